The van der Waals surface area contributed by atoms with Crippen molar-refractivity contribution in [2.24, 2.45) is 0 Å². The molecule has 23 heavy (non-hydrogen) atoms. The summed E-state index contributed by atoms with van der Waals surface area (Å²) in [6.07, 6.45) is 5.84. The molecule has 7 nitrogen and oxygen atoms in total. The maximum absolute atomic E-state index is 12.5. The number of likely N-dealkylation sites (tertiary alicyclic amines) is 1. The Kier molecular flexibility index (Phi) is 4.57. The van der Waals surface area contributed by atoms with E-state index in [0.717, 1.165) is 12.8 Å². The summed E-state index contributed by atoms with van der Waals surface area (Å²) in [6.45, 7) is 1.10. The van der Waals surface area contributed by atoms with E-state index in [-0.39, 0.29) is 23.6 Å². The van der Waals surface area contributed by atoms with Crippen LogP contribution >= 0.6 is 11.6 Å². The third kappa shape index (κ3) is 3.87. The van der Waals surface area contributed by atoms with Crippen LogP contribution in [0.25, 0.3) is 0 Å². The van der Waals surface area contributed by atoms with Crippen LogP contribution in [0.3, 0.4) is 0 Å². The first-order chi connectivity index (χ1) is 11.1. The lowest BCUT2D eigenvalue weighted by atomic mass is 10.1. The molecule has 120 valence electrons. The quantitative estimate of drug-likeness (QED) is 0.919. The summed E-state index contributed by atoms with van der Waals surface area (Å²) in [7, 11) is 0. The van der Waals surface area contributed by atoms with Crippen LogP contribution in [0.5, 0.6) is 6.01 Å². The van der Waals surface area contributed by atoms with Crippen molar-refractivity contribution in [1.82, 2.24) is 19.9 Å². The monoisotopic (exact) mass is 334 g/mol. The second-order valence-corrected chi connectivity index (χ2v) is 5.70. The molecule has 0 saturated carbocycles. The summed E-state index contributed by atoms with van der Waals surface area (Å²) in [4.78, 5) is 35.7. The molecule has 2 aromatic heterocycles. The summed E-state index contributed by atoms with van der Waals surface area (Å²) in [6, 6.07) is 3.11. The van der Waals surface area contributed by atoms with Gasteiger partial charge in [-0.1, -0.05) is 11.6 Å². The number of nitrogens with zero attached hydrogens (tertiary/aromatic N) is 3. The molecule has 0 aromatic carbocycles. The van der Waals surface area contributed by atoms with Crippen LogP contribution in [0.1, 0.15) is 23.2 Å². The number of hydrogen-bond acceptors (Lipinski definition) is 5. The van der Waals surface area contributed by atoms with Crippen molar-refractivity contribution in [2.45, 2.75) is 18.9 Å². The van der Waals surface area contributed by atoms with Gasteiger partial charge in [0.15, 0.2) is 0 Å². The Bertz CT molecular complexity index is 727. The first-order valence-corrected chi connectivity index (χ1v) is 7.62. The number of hydrogen-bond donors (Lipinski definition) is 1. The SMILES string of the molecule is O=C(c1ccc(=O)[nH]c1)N1CCCC(Oc2ncc(Cl)cn2)C1. The maximum atomic E-state index is 12.5. The summed E-state index contributed by atoms with van der Waals surface area (Å²) in [5, 5.41) is 0.441. The fourth-order valence-electron chi connectivity index (χ4n) is 2.46. The van der Waals surface area contributed by atoms with Crippen molar-refractivity contribution in [1.29, 1.82) is 0 Å². The molecule has 1 amide bonds. The highest BCUT2D eigenvalue weighted by Crippen LogP contribution is 2.17. The molecule has 1 aliphatic rings. The Morgan fingerprint density at radius 2 is 2.13 bits per heavy atom. The van der Waals surface area contributed by atoms with E-state index < -0.39 is 0 Å². The van der Waals surface area contributed by atoms with E-state index in [2.05, 4.69) is 15.0 Å². The van der Waals surface area contributed by atoms with Crippen molar-refractivity contribution in [3.8, 4) is 6.01 Å². The molecule has 1 aliphatic heterocycles. The minimum atomic E-state index is -0.235. The molecule has 0 bridgehead atoms. The van der Waals surface area contributed by atoms with Crippen molar-refractivity contribution in [3.05, 3.63) is 51.7 Å². The van der Waals surface area contributed by atoms with E-state index in [4.69, 9.17) is 16.3 Å². The zero-order chi connectivity index (χ0) is 16.2. The molecular weight excluding hydrogens is 320 g/mol. The molecule has 0 radical (unpaired) electrons. The number of aromatic nitrogens is 3. The van der Waals surface area contributed by atoms with Crippen molar-refractivity contribution in [2.75, 3.05) is 13.1 Å². The fourth-order valence-corrected chi connectivity index (χ4v) is 2.55. The molecule has 1 N–H and O–H groups in total. The van der Waals surface area contributed by atoms with E-state index in [0.29, 0.717) is 23.7 Å². The van der Waals surface area contributed by atoms with Gasteiger partial charge in [0.05, 0.1) is 29.5 Å². The number of aromatic amines is 1. The van der Waals surface area contributed by atoms with Crippen LogP contribution in [-0.4, -0.2) is 45.0 Å². The zero-order valence-electron chi connectivity index (χ0n) is 12.2. The van der Waals surface area contributed by atoms with Gasteiger partial charge >= 0.3 is 6.01 Å². The molecule has 1 fully saturated rings. The lowest BCUT2D eigenvalue weighted by molar-refractivity contribution is 0.0515. The van der Waals surface area contributed by atoms with Gasteiger partial charge in [-0.15, -0.1) is 0 Å². The van der Waals surface area contributed by atoms with Gasteiger partial charge in [-0.2, -0.15) is 0 Å². The van der Waals surface area contributed by atoms with Crippen LogP contribution in [0.15, 0.2) is 35.5 Å². The minimum absolute atomic E-state index is 0.133. The second-order valence-electron chi connectivity index (χ2n) is 5.26. The topological polar surface area (TPSA) is 88.2 Å². The van der Waals surface area contributed by atoms with Gasteiger partial charge in [0.2, 0.25) is 5.56 Å². The highest BCUT2D eigenvalue weighted by Gasteiger charge is 2.26. The summed E-state index contributed by atoms with van der Waals surface area (Å²) < 4.78 is 5.71. The molecule has 8 heteroatoms. The van der Waals surface area contributed by atoms with Crippen LogP contribution < -0.4 is 10.3 Å². The van der Waals surface area contributed by atoms with Gasteiger partial charge in [0.25, 0.3) is 5.91 Å². The van der Waals surface area contributed by atoms with Gasteiger partial charge in [0.1, 0.15) is 6.10 Å². The largest absolute Gasteiger partial charge is 0.458 e. The summed E-state index contributed by atoms with van der Waals surface area (Å²) >= 11 is 5.74. The van der Waals surface area contributed by atoms with Gasteiger partial charge in [0, 0.05) is 18.8 Å². The second kappa shape index (κ2) is 6.78. The average molecular weight is 335 g/mol. The molecule has 3 rings (SSSR count). The summed E-state index contributed by atoms with van der Waals surface area (Å²) in [5.41, 5.74) is 0.217. The van der Waals surface area contributed by atoms with Crippen LogP contribution in [0.4, 0.5) is 0 Å². The van der Waals surface area contributed by atoms with Crippen LogP contribution in [0.2, 0.25) is 5.02 Å². The zero-order valence-corrected chi connectivity index (χ0v) is 13.0. The van der Waals surface area contributed by atoms with Gasteiger partial charge in [-0.25, -0.2) is 9.97 Å². The fraction of sp³-hybridized carbons (Fsp3) is 0.333. The molecule has 2 aromatic rings. The number of carbonyl (C=O) groups excluding carboxylic acids is 1. The molecule has 0 spiro atoms. The molecule has 1 saturated heterocycles. The number of piperidine rings is 1. The highest BCUT2D eigenvalue weighted by molar-refractivity contribution is 6.30. The molecule has 0 aliphatic carbocycles. The third-order valence-electron chi connectivity index (χ3n) is 3.57. The van der Waals surface area contributed by atoms with E-state index in [9.17, 15) is 9.59 Å². The molecular formula is C15H15ClN4O3. The standard InChI is InChI=1S/C15H15ClN4O3/c16-11-7-18-15(19-8-11)23-12-2-1-5-20(9-12)14(22)10-3-4-13(21)17-6-10/h3-4,6-8,12H,1-2,5,9H2,(H,17,21). The normalized spacial score (nSPS) is 17.8. The number of halogens is 1. The number of carbonyl (C=O) groups is 1. The van der Waals surface area contributed by atoms with E-state index in [1.807, 2.05) is 0 Å². The first-order valence-electron chi connectivity index (χ1n) is 7.24. The van der Waals surface area contributed by atoms with Crippen LogP contribution in [-0.2, 0) is 0 Å². The Morgan fingerprint density at radius 3 is 2.83 bits per heavy atom. The third-order valence-corrected chi connectivity index (χ3v) is 3.76. The summed E-state index contributed by atoms with van der Waals surface area (Å²) in [5.74, 6) is -0.133. The Morgan fingerprint density at radius 1 is 1.35 bits per heavy atom. The molecule has 1 atom stereocenters. The van der Waals surface area contributed by atoms with Crippen molar-refractivity contribution in [3.63, 3.8) is 0 Å². The number of ether oxygens (including phenoxy) is 1. The smallest absolute Gasteiger partial charge is 0.316 e. The lowest BCUT2D eigenvalue weighted by Crippen LogP contribution is -2.44. The van der Waals surface area contributed by atoms with E-state index in [1.54, 1.807) is 4.90 Å². The number of amides is 1. The van der Waals surface area contributed by atoms with Crippen LogP contribution in [0, 0.1) is 0 Å². The highest BCUT2D eigenvalue weighted by atomic mass is 35.5. The number of nitrogens with one attached hydrogen (secondary N) is 1. The average Bonchev–Trinajstić information content (AvgIpc) is 2.57. The predicted octanol–water partition coefficient (Wildman–Crippen LogP) is 1.50. The van der Waals surface area contributed by atoms with Gasteiger partial charge in [-0.05, 0) is 18.9 Å². The Hall–Kier alpha value is -2.41. The molecule has 3 heterocycles. The minimum Gasteiger partial charge on any atom is -0.458 e. The lowest BCUT2D eigenvalue weighted by Gasteiger charge is -2.32. The number of pyridine rings is 1. The van der Waals surface area contributed by atoms with Gasteiger partial charge in [-0.3, -0.25) is 9.59 Å². The number of rotatable bonds is 3. The Labute approximate surface area is 137 Å². The predicted molar refractivity (Wildman–Crippen MR) is 83.7 cm³/mol. The van der Waals surface area contributed by atoms with Crippen molar-refractivity contribution < 1.29 is 9.53 Å². The van der Waals surface area contributed by atoms with Crippen molar-refractivity contribution >= 4 is 17.5 Å². The molecule has 1 unspecified atom stereocenters. The Balaban J connectivity index is 1.65. The first kappa shape index (κ1) is 15.5. The number of H-pyrrole nitrogens is 1. The maximum Gasteiger partial charge on any atom is 0.316 e. The van der Waals surface area contributed by atoms with E-state index >= 15 is 0 Å². The van der Waals surface area contributed by atoms with E-state index in [1.165, 1.54) is 30.7 Å². The van der Waals surface area contributed by atoms with Gasteiger partial charge < -0.3 is 14.6 Å².